The third kappa shape index (κ3) is 2.88. The molecule has 0 spiro atoms. The summed E-state index contributed by atoms with van der Waals surface area (Å²) >= 11 is 0. The minimum Gasteiger partial charge on any atom is -0.497 e. The minimum atomic E-state index is -0.855. The number of fused-ring (bicyclic) bond motifs is 1. The van der Waals surface area contributed by atoms with Crippen LogP contribution in [0.5, 0.6) is 5.75 Å². The highest BCUT2D eigenvalue weighted by molar-refractivity contribution is 5.69. The summed E-state index contributed by atoms with van der Waals surface area (Å²) in [6.07, 6.45) is 7.19. The highest BCUT2D eigenvalue weighted by Crippen LogP contribution is 2.37. The summed E-state index contributed by atoms with van der Waals surface area (Å²) in [6.45, 7) is 0.305. The van der Waals surface area contributed by atoms with Crippen molar-refractivity contribution in [2.24, 2.45) is 0 Å². The molecule has 1 unspecified atom stereocenters. The highest BCUT2D eigenvalue weighted by Gasteiger charge is 2.29. The molecule has 0 amide bonds. The van der Waals surface area contributed by atoms with Crippen molar-refractivity contribution in [1.82, 2.24) is 4.90 Å². The first kappa shape index (κ1) is 13.4. The zero-order valence-corrected chi connectivity index (χ0v) is 10.9. The molecule has 1 aliphatic rings. The van der Waals surface area contributed by atoms with Crippen molar-refractivity contribution < 1.29 is 14.6 Å². The van der Waals surface area contributed by atoms with Gasteiger partial charge in [0.05, 0.1) is 20.2 Å². The summed E-state index contributed by atoms with van der Waals surface area (Å²) < 4.78 is 5.23. The summed E-state index contributed by atoms with van der Waals surface area (Å²) in [7, 11) is 1.63. The molecule has 4 nitrogen and oxygen atoms in total. The summed E-state index contributed by atoms with van der Waals surface area (Å²) in [5, 5.41) is 8.98. The van der Waals surface area contributed by atoms with E-state index in [4.69, 9.17) is 16.3 Å². The van der Waals surface area contributed by atoms with E-state index in [0.717, 1.165) is 24.2 Å². The SMILES string of the molecule is C#CCN(CC(=O)O)C1CCc2ccc(OC)cc21. The Bertz CT molecular complexity index is 519. The van der Waals surface area contributed by atoms with E-state index in [2.05, 4.69) is 5.92 Å². The van der Waals surface area contributed by atoms with Gasteiger partial charge in [-0.3, -0.25) is 9.69 Å². The van der Waals surface area contributed by atoms with Gasteiger partial charge in [-0.05, 0) is 36.1 Å². The van der Waals surface area contributed by atoms with Crippen molar-refractivity contribution in [2.45, 2.75) is 18.9 Å². The van der Waals surface area contributed by atoms with Crippen molar-refractivity contribution in [2.75, 3.05) is 20.2 Å². The molecule has 19 heavy (non-hydrogen) atoms. The van der Waals surface area contributed by atoms with Gasteiger partial charge >= 0.3 is 5.97 Å². The molecule has 1 aromatic carbocycles. The highest BCUT2D eigenvalue weighted by atomic mass is 16.5. The van der Waals surface area contributed by atoms with Crippen LogP contribution in [0.2, 0.25) is 0 Å². The Morgan fingerprint density at radius 3 is 3.05 bits per heavy atom. The van der Waals surface area contributed by atoms with Crippen molar-refractivity contribution >= 4 is 5.97 Å². The number of hydrogen-bond acceptors (Lipinski definition) is 3. The van der Waals surface area contributed by atoms with Crippen LogP contribution in [-0.4, -0.2) is 36.2 Å². The molecule has 4 heteroatoms. The molecule has 1 atom stereocenters. The Kier molecular flexibility index (Phi) is 4.08. The van der Waals surface area contributed by atoms with Crippen LogP contribution in [0.15, 0.2) is 18.2 Å². The van der Waals surface area contributed by atoms with Crippen LogP contribution >= 0.6 is 0 Å². The number of terminal acetylenes is 1. The number of rotatable bonds is 5. The lowest BCUT2D eigenvalue weighted by atomic mass is 10.1. The number of ether oxygens (including phenoxy) is 1. The van der Waals surface area contributed by atoms with Gasteiger partial charge in [-0.1, -0.05) is 12.0 Å². The second-order valence-corrected chi connectivity index (χ2v) is 4.62. The Morgan fingerprint density at radius 1 is 1.63 bits per heavy atom. The Labute approximate surface area is 113 Å². The Balaban J connectivity index is 2.27. The quantitative estimate of drug-likeness (QED) is 0.818. The number of carboxylic acids is 1. The largest absolute Gasteiger partial charge is 0.497 e. The van der Waals surface area contributed by atoms with Crippen LogP contribution in [0.1, 0.15) is 23.6 Å². The molecule has 1 aromatic rings. The van der Waals surface area contributed by atoms with Crippen LogP contribution in [0.3, 0.4) is 0 Å². The summed E-state index contributed by atoms with van der Waals surface area (Å²) in [5.41, 5.74) is 2.38. The number of nitrogens with zero attached hydrogens (tertiary/aromatic N) is 1. The van der Waals surface area contributed by atoms with Gasteiger partial charge in [0.1, 0.15) is 5.75 Å². The number of carboxylic acid groups (broad SMARTS) is 1. The van der Waals surface area contributed by atoms with Crippen molar-refractivity contribution in [3.05, 3.63) is 29.3 Å². The molecular weight excluding hydrogens is 242 g/mol. The smallest absolute Gasteiger partial charge is 0.317 e. The zero-order valence-electron chi connectivity index (χ0n) is 10.9. The first-order valence-electron chi connectivity index (χ1n) is 6.22. The van der Waals surface area contributed by atoms with Gasteiger partial charge in [0.2, 0.25) is 0 Å². The lowest BCUT2D eigenvalue weighted by Crippen LogP contribution is -2.33. The van der Waals surface area contributed by atoms with E-state index < -0.39 is 5.97 Å². The molecule has 1 aliphatic carbocycles. The van der Waals surface area contributed by atoms with Crippen molar-refractivity contribution in [1.29, 1.82) is 0 Å². The molecule has 0 aliphatic heterocycles. The van der Waals surface area contributed by atoms with Gasteiger partial charge in [0, 0.05) is 6.04 Å². The zero-order chi connectivity index (χ0) is 13.8. The summed E-state index contributed by atoms with van der Waals surface area (Å²) in [6, 6.07) is 6.03. The van der Waals surface area contributed by atoms with Crippen molar-refractivity contribution in [3.8, 4) is 18.1 Å². The molecule has 1 N–H and O–H groups in total. The second-order valence-electron chi connectivity index (χ2n) is 4.62. The van der Waals surface area contributed by atoms with Crippen LogP contribution < -0.4 is 4.74 Å². The maximum atomic E-state index is 10.9. The van der Waals surface area contributed by atoms with Crippen LogP contribution in [0, 0.1) is 12.3 Å². The van der Waals surface area contributed by atoms with E-state index in [1.54, 1.807) is 7.11 Å². The lowest BCUT2D eigenvalue weighted by Gasteiger charge is -2.26. The molecular formula is C15H17NO3. The molecule has 0 saturated heterocycles. The predicted molar refractivity (Wildman–Crippen MR) is 72.1 cm³/mol. The van der Waals surface area contributed by atoms with Gasteiger partial charge < -0.3 is 9.84 Å². The summed E-state index contributed by atoms with van der Waals surface area (Å²) in [5.74, 6) is 2.48. The topological polar surface area (TPSA) is 49.8 Å². The third-order valence-corrected chi connectivity index (χ3v) is 3.47. The summed E-state index contributed by atoms with van der Waals surface area (Å²) in [4.78, 5) is 12.8. The second kappa shape index (κ2) is 5.77. The van der Waals surface area contributed by atoms with E-state index >= 15 is 0 Å². The lowest BCUT2D eigenvalue weighted by molar-refractivity contribution is -0.138. The van der Waals surface area contributed by atoms with E-state index in [9.17, 15) is 4.79 Å². The van der Waals surface area contributed by atoms with Crippen LogP contribution in [0.4, 0.5) is 0 Å². The fourth-order valence-corrected chi connectivity index (χ4v) is 2.63. The molecule has 0 fully saturated rings. The van der Waals surface area contributed by atoms with Gasteiger partial charge in [-0.2, -0.15) is 0 Å². The number of methoxy groups -OCH3 is 1. The maximum Gasteiger partial charge on any atom is 0.317 e. The van der Waals surface area contributed by atoms with E-state index in [0.29, 0.717) is 6.54 Å². The maximum absolute atomic E-state index is 10.9. The standard InChI is InChI=1S/C15H17NO3/c1-3-8-16(10-15(17)18)14-7-5-11-4-6-12(19-2)9-13(11)14/h1,4,6,9,14H,5,7-8,10H2,2H3,(H,17,18). The Hall–Kier alpha value is -1.99. The monoisotopic (exact) mass is 259 g/mol. The molecule has 0 saturated carbocycles. The van der Waals surface area contributed by atoms with E-state index in [1.807, 2.05) is 23.1 Å². The predicted octanol–water partition coefficient (Wildman–Crippen LogP) is 1.70. The van der Waals surface area contributed by atoms with Crippen molar-refractivity contribution in [3.63, 3.8) is 0 Å². The minimum absolute atomic E-state index is 0.0362. The van der Waals surface area contributed by atoms with Gasteiger partial charge in [0.25, 0.3) is 0 Å². The molecule has 100 valence electrons. The number of aryl methyl sites for hydroxylation is 1. The average Bonchev–Trinajstić information content (AvgIpc) is 2.80. The third-order valence-electron chi connectivity index (χ3n) is 3.47. The van der Waals surface area contributed by atoms with Crippen LogP contribution in [0.25, 0.3) is 0 Å². The number of carbonyl (C=O) groups is 1. The molecule has 0 aromatic heterocycles. The average molecular weight is 259 g/mol. The van der Waals surface area contributed by atoms with E-state index in [1.165, 1.54) is 5.56 Å². The fourth-order valence-electron chi connectivity index (χ4n) is 2.63. The Morgan fingerprint density at radius 2 is 2.42 bits per heavy atom. The molecule has 2 rings (SSSR count). The fraction of sp³-hybridized carbons (Fsp3) is 0.400. The van der Waals surface area contributed by atoms with Gasteiger partial charge in [-0.15, -0.1) is 6.42 Å². The van der Waals surface area contributed by atoms with Gasteiger partial charge in [-0.25, -0.2) is 0 Å². The first-order chi connectivity index (χ1) is 9.15. The van der Waals surface area contributed by atoms with Gasteiger partial charge in [0.15, 0.2) is 0 Å². The number of benzene rings is 1. The molecule has 0 radical (unpaired) electrons. The van der Waals surface area contributed by atoms with E-state index in [-0.39, 0.29) is 12.6 Å². The molecule has 0 bridgehead atoms. The molecule has 0 heterocycles. The van der Waals surface area contributed by atoms with Crippen LogP contribution in [-0.2, 0) is 11.2 Å². The number of aliphatic carboxylic acids is 1. The normalized spacial score (nSPS) is 17.0. The first-order valence-corrected chi connectivity index (χ1v) is 6.22. The number of hydrogen-bond donors (Lipinski definition) is 1.